The molecule has 5 heteroatoms. The molecule has 0 bridgehead atoms. The van der Waals surface area contributed by atoms with Crippen molar-refractivity contribution in [3.63, 3.8) is 0 Å². The van der Waals surface area contributed by atoms with Gasteiger partial charge in [-0.25, -0.2) is 0 Å². The van der Waals surface area contributed by atoms with Crippen molar-refractivity contribution in [1.82, 2.24) is 10.2 Å². The molecule has 0 aromatic heterocycles. The van der Waals surface area contributed by atoms with Crippen molar-refractivity contribution in [2.75, 3.05) is 32.1 Å². The predicted molar refractivity (Wildman–Crippen MR) is 96.0 cm³/mol. The minimum atomic E-state index is -0.400. The molecule has 1 saturated heterocycles. The molecule has 1 amide bonds. The number of anilines is 1. The van der Waals surface area contributed by atoms with Gasteiger partial charge in [-0.15, -0.1) is 0 Å². The quantitative estimate of drug-likeness (QED) is 0.870. The Morgan fingerprint density at radius 3 is 2.83 bits per heavy atom. The van der Waals surface area contributed by atoms with Crippen LogP contribution in [-0.2, 0) is 16.1 Å². The van der Waals surface area contributed by atoms with Crippen molar-refractivity contribution >= 4 is 11.6 Å². The molecule has 132 valence electrons. The summed E-state index contributed by atoms with van der Waals surface area (Å²) < 4.78 is 5.54. The first-order valence-corrected chi connectivity index (χ1v) is 9.15. The molecule has 0 spiro atoms. The summed E-state index contributed by atoms with van der Waals surface area (Å²) in [7, 11) is 2.20. The molecular weight excluding hydrogens is 302 g/mol. The van der Waals surface area contributed by atoms with Crippen LogP contribution >= 0.6 is 0 Å². The number of rotatable bonds is 5. The largest absolute Gasteiger partial charge is 0.366 e. The standard InChI is InChI=1S/C19H29N3O2/c1-22(16-8-3-2-4-9-16)14-15-7-5-6-10-17(15)21-19(23)18-13-20-11-12-24-18/h5-7,10,16,18,20H,2-4,8-9,11-14H2,1H3,(H,21,23). The minimum Gasteiger partial charge on any atom is -0.366 e. The molecule has 2 fully saturated rings. The summed E-state index contributed by atoms with van der Waals surface area (Å²) in [6, 6.07) is 8.76. The fourth-order valence-corrected chi connectivity index (χ4v) is 3.65. The fraction of sp³-hybridized carbons (Fsp3) is 0.632. The van der Waals surface area contributed by atoms with Crippen LogP contribution in [0, 0.1) is 0 Å². The Balaban J connectivity index is 1.62. The molecule has 1 unspecified atom stereocenters. The first-order valence-electron chi connectivity index (χ1n) is 9.15. The third kappa shape index (κ3) is 4.56. The van der Waals surface area contributed by atoms with Gasteiger partial charge in [0.25, 0.3) is 5.91 Å². The molecule has 1 aromatic carbocycles. The summed E-state index contributed by atoms with van der Waals surface area (Å²) in [4.78, 5) is 14.9. The Morgan fingerprint density at radius 1 is 1.29 bits per heavy atom. The van der Waals surface area contributed by atoms with Crippen LogP contribution in [-0.4, -0.2) is 49.7 Å². The molecule has 1 aliphatic carbocycles. The summed E-state index contributed by atoms with van der Waals surface area (Å²) >= 11 is 0. The Kier molecular flexibility index (Phi) is 6.24. The van der Waals surface area contributed by atoms with Crippen molar-refractivity contribution in [3.05, 3.63) is 29.8 Å². The van der Waals surface area contributed by atoms with E-state index in [1.165, 1.54) is 37.7 Å². The predicted octanol–water partition coefficient (Wildman–Crippen LogP) is 2.38. The van der Waals surface area contributed by atoms with Crippen LogP contribution < -0.4 is 10.6 Å². The van der Waals surface area contributed by atoms with E-state index in [1.54, 1.807) is 0 Å². The molecule has 2 aliphatic rings. The maximum absolute atomic E-state index is 12.4. The second-order valence-corrected chi connectivity index (χ2v) is 6.92. The van der Waals surface area contributed by atoms with Gasteiger partial charge in [0.2, 0.25) is 0 Å². The maximum Gasteiger partial charge on any atom is 0.254 e. The molecule has 1 aliphatic heterocycles. The Morgan fingerprint density at radius 2 is 2.08 bits per heavy atom. The van der Waals surface area contributed by atoms with Crippen LogP contribution in [0.5, 0.6) is 0 Å². The van der Waals surface area contributed by atoms with Gasteiger partial charge in [-0.3, -0.25) is 9.69 Å². The molecule has 5 nitrogen and oxygen atoms in total. The molecule has 24 heavy (non-hydrogen) atoms. The SMILES string of the molecule is CN(Cc1ccccc1NC(=O)C1CNCCO1)C1CCCCC1. The number of carbonyl (C=O) groups is 1. The lowest BCUT2D eigenvalue weighted by Crippen LogP contribution is -2.45. The van der Waals surface area contributed by atoms with Gasteiger partial charge in [0.15, 0.2) is 0 Å². The van der Waals surface area contributed by atoms with Gasteiger partial charge < -0.3 is 15.4 Å². The third-order valence-corrected chi connectivity index (χ3v) is 5.11. The van der Waals surface area contributed by atoms with E-state index in [9.17, 15) is 4.79 Å². The van der Waals surface area contributed by atoms with Crippen molar-refractivity contribution in [1.29, 1.82) is 0 Å². The smallest absolute Gasteiger partial charge is 0.254 e. The molecule has 0 radical (unpaired) electrons. The zero-order valence-corrected chi connectivity index (χ0v) is 14.6. The number of para-hydroxylation sites is 1. The van der Waals surface area contributed by atoms with E-state index in [0.717, 1.165) is 18.8 Å². The molecular formula is C19H29N3O2. The number of hydrogen-bond acceptors (Lipinski definition) is 4. The number of ether oxygens (including phenoxy) is 1. The first kappa shape index (κ1) is 17.4. The van der Waals surface area contributed by atoms with Gasteiger partial charge in [0.1, 0.15) is 6.10 Å². The highest BCUT2D eigenvalue weighted by atomic mass is 16.5. The summed E-state index contributed by atoms with van der Waals surface area (Å²) in [5.41, 5.74) is 2.07. The maximum atomic E-state index is 12.4. The number of nitrogens with one attached hydrogen (secondary N) is 2. The van der Waals surface area contributed by atoms with Crippen LogP contribution in [0.3, 0.4) is 0 Å². The molecule has 3 rings (SSSR count). The van der Waals surface area contributed by atoms with Gasteiger partial charge in [-0.05, 0) is 31.5 Å². The molecule has 1 saturated carbocycles. The van der Waals surface area contributed by atoms with Crippen LogP contribution in [0.25, 0.3) is 0 Å². The fourth-order valence-electron chi connectivity index (χ4n) is 3.65. The molecule has 1 heterocycles. The topological polar surface area (TPSA) is 53.6 Å². The van der Waals surface area contributed by atoms with Crippen LogP contribution in [0.15, 0.2) is 24.3 Å². The Labute approximate surface area is 144 Å². The normalized spacial score (nSPS) is 22.5. The average Bonchev–Trinajstić information content (AvgIpc) is 2.64. The number of amides is 1. The van der Waals surface area contributed by atoms with E-state index < -0.39 is 6.10 Å². The number of nitrogens with zero attached hydrogens (tertiary/aromatic N) is 1. The second kappa shape index (κ2) is 8.60. The highest BCUT2D eigenvalue weighted by Gasteiger charge is 2.23. The summed E-state index contributed by atoms with van der Waals surface area (Å²) in [6.07, 6.45) is 6.20. The van der Waals surface area contributed by atoms with E-state index in [0.29, 0.717) is 19.2 Å². The lowest BCUT2D eigenvalue weighted by atomic mass is 9.94. The van der Waals surface area contributed by atoms with Crippen molar-refractivity contribution in [2.45, 2.75) is 50.8 Å². The first-order chi connectivity index (χ1) is 11.7. The monoisotopic (exact) mass is 331 g/mol. The summed E-state index contributed by atoms with van der Waals surface area (Å²) in [6.45, 7) is 2.84. The van der Waals surface area contributed by atoms with E-state index in [2.05, 4.69) is 28.6 Å². The zero-order valence-electron chi connectivity index (χ0n) is 14.6. The number of morpholine rings is 1. The lowest BCUT2D eigenvalue weighted by molar-refractivity contribution is -0.128. The van der Waals surface area contributed by atoms with Gasteiger partial charge in [0.05, 0.1) is 6.61 Å². The van der Waals surface area contributed by atoms with Crippen LogP contribution in [0.2, 0.25) is 0 Å². The number of benzene rings is 1. The van der Waals surface area contributed by atoms with Gasteiger partial charge >= 0.3 is 0 Å². The van der Waals surface area contributed by atoms with Crippen LogP contribution in [0.4, 0.5) is 5.69 Å². The minimum absolute atomic E-state index is 0.0602. The molecule has 1 aromatic rings. The van der Waals surface area contributed by atoms with Crippen LogP contribution in [0.1, 0.15) is 37.7 Å². The van der Waals surface area contributed by atoms with Crippen molar-refractivity contribution in [3.8, 4) is 0 Å². The van der Waals surface area contributed by atoms with E-state index in [1.807, 2.05) is 18.2 Å². The van der Waals surface area contributed by atoms with Gasteiger partial charge in [-0.2, -0.15) is 0 Å². The highest BCUT2D eigenvalue weighted by molar-refractivity contribution is 5.95. The van der Waals surface area contributed by atoms with Gasteiger partial charge in [-0.1, -0.05) is 37.5 Å². The zero-order chi connectivity index (χ0) is 16.8. The summed E-state index contributed by atoms with van der Waals surface area (Å²) in [5.74, 6) is -0.0602. The lowest BCUT2D eigenvalue weighted by Gasteiger charge is -2.31. The highest BCUT2D eigenvalue weighted by Crippen LogP contribution is 2.25. The van der Waals surface area contributed by atoms with Crippen molar-refractivity contribution in [2.24, 2.45) is 0 Å². The van der Waals surface area contributed by atoms with E-state index >= 15 is 0 Å². The van der Waals surface area contributed by atoms with E-state index in [-0.39, 0.29) is 5.91 Å². The molecule has 2 N–H and O–H groups in total. The Hall–Kier alpha value is -1.43. The van der Waals surface area contributed by atoms with Crippen molar-refractivity contribution < 1.29 is 9.53 Å². The third-order valence-electron chi connectivity index (χ3n) is 5.11. The van der Waals surface area contributed by atoms with Gasteiger partial charge in [0, 0.05) is 31.4 Å². The average molecular weight is 331 g/mol. The number of carbonyl (C=O) groups excluding carboxylic acids is 1. The number of hydrogen-bond donors (Lipinski definition) is 2. The second-order valence-electron chi connectivity index (χ2n) is 6.92. The molecule has 1 atom stereocenters. The Bertz CT molecular complexity index is 537. The van der Waals surface area contributed by atoms with E-state index in [4.69, 9.17) is 4.74 Å². The summed E-state index contributed by atoms with van der Waals surface area (Å²) in [5, 5.41) is 6.26.